The van der Waals surface area contributed by atoms with E-state index in [4.69, 9.17) is 0 Å². The van der Waals surface area contributed by atoms with Crippen molar-refractivity contribution in [2.45, 2.75) is 25.4 Å². The lowest BCUT2D eigenvalue weighted by Gasteiger charge is -2.19. The maximum Gasteiger partial charge on any atom is 0.320 e. The average Bonchev–Trinajstić information content (AvgIpc) is 3.19. The summed E-state index contributed by atoms with van der Waals surface area (Å²) in [7, 11) is 0. The van der Waals surface area contributed by atoms with Crippen molar-refractivity contribution < 1.29 is 9.59 Å². The maximum atomic E-state index is 12.7. The lowest BCUT2D eigenvalue weighted by molar-refractivity contribution is -0.128. The van der Waals surface area contributed by atoms with Crippen LogP contribution in [0.15, 0.2) is 79.0 Å². The molecule has 0 aliphatic carbocycles. The summed E-state index contributed by atoms with van der Waals surface area (Å²) in [5.74, 6) is 0.207. The number of nitrogens with zero attached hydrogens (tertiary/aromatic N) is 2. The van der Waals surface area contributed by atoms with Crippen molar-refractivity contribution >= 4 is 17.6 Å². The summed E-state index contributed by atoms with van der Waals surface area (Å²) in [6.07, 6.45) is 3.28. The van der Waals surface area contributed by atoms with Gasteiger partial charge in [-0.05, 0) is 41.8 Å². The Hall–Kier alpha value is -3.67. The number of carbonyl (C=O) groups excluding carboxylic acids is 2. The van der Waals surface area contributed by atoms with Crippen LogP contribution in [0.1, 0.15) is 35.7 Å². The number of urea groups is 1. The standard InChI is InChI=1S/C24H24N4O2/c29-22-10-6-16-28(22)17-18-11-13-20(14-12-18)26-24(30)27-23(19-7-2-1-3-8-19)21-9-4-5-15-25-21/h1-5,7-9,11-15,23H,6,10,16-17H2,(H2,26,27,30). The number of nitrogens with one attached hydrogen (secondary N) is 2. The Morgan fingerprint density at radius 1 is 1.00 bits per heavy atom. The van der Waals surface area contributed by atoms with Crippen molar-refractivity contribution in [3.8, 4) is 0 Å². The Morgan fingerprint density at radius 3 is 2.43 bits per heavy atom. The molecule has 1 atom stereocenters. The average molecular weight is 400 g/mol. The number of pyridine rings is 1. The predicted molar refractivity (Wildman–Crippen MR) is 116 cm³/mol. The molecule has 0 spiro atoms. The van der Waals surface area contributed by atoms with Crippen LogP contribution < -0.4 is 10.6 Å². The first-order chi connectivity index (χ1) is 14.7. The number of hydrogen-bond acceptors (Lipinski definition) is 3. The highest BCUT2D eigenvalue weighted by Crippen LogP contribution is 2.21. The van der Waals surface area contributed by atoms with Gasteiger partial charge >= 0.3 is 6.03 Å². The van der Waals surface area contributed by atoms with E-state index in [1.54, 1.807) is 6.20 Å². The Labute approximate surface area is 175 Å². The number of rotatable bonds is 6. The highest BCUT2D eigenvalue weighted by atomic mass is 16.2. The quantitative estimate of drug-likeness (QED) is 0.654. The second-order valence-corrected chi connectivity index (χ2v) is 7.31. The van der Waals surface area contributed by atoms with Crippen molar-refractivity contribution in [1.29, 1.82) is 0 Å². The van der Waals surface area contributed by atoms with Gasteiger partial charge in [0, 0.05) is 31.4 Å². The molecule has 0 bridgehead atoms. The summed E-state index contributed by atoms with van der Waals surface area (Å²) < 4.78 is 0. The van der Waals surface area contributed by atoms with E-state index in [1.165, 1.54) is 0 Å². The molecule has 2 N–H and O–H groups in total. The van der Waals surface area contributed by atoms with E-state index in [0.29, 0.717) is 18.7 Å². The monoisotopic (exact) mass is 400 g/mol. The number of amides is 3. The molecule has 1 unspecified atom stereocenters. The minimum atomic E-state index is -0.354. The van der Waals surface area contributed by atoms with Crippen LogP contribution in [-0.4, -0.2) is 28.4 Å². The van der Waals surface area contributed by atoms with Gasteiger partial charge < -0.3 is 15.5 Å². The number of likely N-dealkylation sites (tertiary alicyclic amines) is 1. The molecule has 2 aromatic carbocycles. The zero-order valence-electron chi connectivity index (χ0n) is 16.6. The van der Waals surface area contributed by atoms with Gasteiger partial charge in [-0.3, -0.25) is 9.78 Å². The largest absolute Gasteiger partial charge is 0.338 e. The third-order valence-corrected chi connectivity index (χ3v) is 5.15. The number of aromatic nitrogens is 1. The SMILES string of the molecule is O=C(Nc1ccc(CN2CCCC2=O)cc1)NC(c1ccccc1)c1ccccn1. The van der Waals surface area contributed by atoms with Gasteiger partial charge in [-0.25, -0.2) is 4.79 Å². The molecule has 0 radical (unpaired) electrons. The van der Waals surface area contributed by atoms with E-state index in [2.05, 4.69) is 15.6 Å². The Morgan fingerprint density at radius 2 is 1.77 bits per heavy atom. The minimum absolute atomic E-state index is 0.207. The molecule has 3 aromatic rings. The van der Waals surface area contributed by atoms with Crippen molar-refractivity contribution in [3.63, 3.8) is 0 Å². The zero-order chi connectivity index (χ0) is 20.8. The fraction of sp³-hybridized carbons (Fsp3) is 0.208. The number of carbonyl (C=O) groups is 2. The lowest BCUT2D eigenvalue weighted by atomic mass is 10.0. The molecule has 0 saturated carbocycles. The summed E-state index contributed by atoms with van der Waals surface area (Å²) in [6.45, 7) is 1.43. The van der Waals surface area contributed by atoms with Gasteiger partial charge in [-0.2, -0.15) is 0 Å². The summed E-state index contributed by atoms with van der Waals surface area (Å²) in [5, 5.41) is 5.89. The third kappa shape index (κ3) is 4.84. The Bertz CT molecular complexity index is 951. The molecule has 1 saturated heterocycles. The summed E-state index contributed by atoms with van der Waals surface area (Å²) >= 11 is 0. The lowest BCUT2D eigenvalue weighted by Crippen LogP contribution is -2.33. The van der Waals surface area contributed by atoms with Gasteiger partial charge in [0.25, 0.3) is 0 Å². The second-order valence-electron chi connectivity index (χ2n) is 7.31. The van der Waals surface area contributed by atoms with Gasteiger partial charge in [0.1, 0.15) is 0 Å². The minimum Gasteiger partial charge on any atom is -0.338 e. The first-order valence-electron chi connectivity index (χ1n) is 10.1. The van der Waals surface area contributed by atoms with Crippen LogP contribution in [0.25, 0.3) is 0 Å². The number of anilines is 1. The van der Waals surface area contributed by atoms with Crippen LogP contribution in [0.4, 0.5) is 10.5 Å². The van der Waals surface area contributed by atoms with Gasteiger partial charge in [0.05, 0.1) is 11.7 Å². The molecule has 1 aliphatic heterocycles. The van der Waals surface area contributed by atoms with E-state index in [-0.39, 0.29) is 18.0 Å². The molecule has 1 fully saturated rings. The third-order valence-electron chi connectivity index (χ3n) is 5.15. The summed E-state index contributed by atoms with van der Waals surface area (Å²) in [4.78, 5) is 30.7. The molecule has 4 rings (SSSR count). The number of hydrogen-bond donors (Lipinski definition) is 2. The molecule has 6 nitrogen and oxygen atoms in total. The van der Waals surface area contributed by atoms with Crippen LogP contribution in [0.3, 0.4) is 0 Å². The summed E-state index contributed by atoms with van der Waals surface area (Å²) in [5.41, 5.74) is 3.46. The molecule has 30 heavy (non-hydrogen) atoms. The molecule has 152 valence electrons. The Kier molecular flexibility index (Phi) is 6.03. The van der Waals surface area contributed by atoms with E-state index >= 15 is 0 Å². The van der Waals surface area contributed by atoms with Gasteiger partial charge in [-0.15, -0.1) is 0 Å². The molecule has 1 aliphatic rings. The molecular weight excluding hydrogens is 376 g/mol. The molecule has 6 heteroatoms. The highest BCUT2D eigenvalue weighted by molar-refractivity contribution is 5.89. The van der Waals surface area contributed by atoms with Crippen LogP contribution in [0.5, 0.6) is 0 Å². The zero-order valence-corrected chi connectivity index (χ0v) is 16.6. The topological polar surface area (TPSA) is 74.3 Å². The van der Waals surface area contributed by atoms with E-state index in [0.717, 1.165) is 29.8 Å². The van der Waals surface area contributed by atoms with Gasteiger partial charge in [0.2, 0.25) is 5.91 Å². The van der Waals surface area contributed by atoms with Crippen molar-refractivity contribution in [1.82, 2.24) is 15.2 Å². The van der Waals surface area contributed by atoms with E-state index in [9.17, 15) is 9.59 Å². The van der Waals surface area contributed by atoms with Crippen LogP contribution in [0.2, 0.25) is 0 Å². The maximum absolute atomic E-state index is 12.7. The smallest absolute Gasteiger partial charge is 0.320 e. The van der Waals surface area contributed by atoms with Crippen LogP contribution >= 0.6 is 0 Å². The van der Waals surface area contributed by atoms with Crippen molar-refractivity contribution in [2.24, 2.45) is 0 Å². The van der Waals surface area contributed by atoms with Gasteiger partial charge in [-0.1, -0.05) is 48.5 Å². The fourth-order valence-electron chi connectivity index (χ4n) is 3.60. The normalized spacial score (nSPS) is 14.4. The molecular formula is C24H24N4O2. The van der Waals surface area contributed by atoms with Crippen molar-refractivity contribution in [3.05, 3.63) is 95.8 Å². The molecule has 2 heterocycles. The second kappa shape index (κ2) is 9.22. The first kappa shape index (κ1) is 19.6. The van der Waals surface area contributed by atoms with Crippen LogP contribution in [0, 0.1) is 0 Å². The predicted octanol–water partition coefficient (Wildman–Crippen LogP) is 4.12. The van der Waals surface area contributed by atoms with E-state index in [1.807, 2.05) is 77.7 Å². The first-order valence-corrected chi connectivity index (χ1v) is 10.1. The van der Waals surface area contributed by atoms with E-state index < -0.39 is 0 Å². The fourth-order valence-corrected chi connectivity index (χ4v) is 3.60. The summed E-state index contributed by atoms with van der Waals surface area (Å²) in [6, 6.07) is 22.3. The highest BCUT2D eigenvalue weighted by Gasteiger charge is 2.20. The number of benzene rings is 2. The molecule has 3 amide bonds. The van der Waals surface area contributed by atoms with Crippen LogP contribution in [-0.2, 0) is 11.3 Å². The molecule has 1 aromatic heterocycles. The van der Waals surface area contributed by atoms with Crippen molar-refractivity contribution in [2.75, 3.05) is 11.9 Å². The Balaban J connectivity index is 1.41. The van der Waals surface area contributed by atoms with Gasteiger partial charge in [0.15, 0.2) is 0 Å².